The van der Waals surface area contributed by atoms with Crippen molar-refractivity contribution in [2.24, 2.45) is 0 Å². The summed E-state index contributed by atoms with van der Waals surface area (Å²) in [5.74, 6) is 0.156. The molecule has 0 spiro atoms. The van der Waals surface area contributed by atoms with Crippen LogP contribution < -0.4 is 5.32 Å². The van der Waals surface area contributed by atoms with E-state index in [0.29, 0.717) is 10.2 Å². The number of carbonyl (C=O) groups excluding carboxylic acids is 1. The summed E-state index contributed by atoms with van der Waals surface area (Å²) in [5.41, 5.74) is 1.70. The van der Waals surface area contributed by atoms with Gasteiger partial charge in [0, 0.05) is 10.7 Å². The van der Waals surface area contributed by atoms with Crippen molar-refractivity contribution in [3.63, 3.8) is 0 Å². The fourth-order valence-corrected chi connectivity index (χ4v) is 2.06. The molecule has 0 fully saturated rings. The largest absolute Gasteiger partial charge is 0.325 e. The van der Waals surface area contributed by atoms with E-state index in [-0.39, 0.29) is 11.7 Å². The van der Waals surface area contributed by atoms with Gasteiger partial charge in [0.25, 0.3) is 0 Å². The number of aromatic nitrogens is 3. The maximum absolute atomic E-state index is 11.7. The fourth-order valence-electron chi connectivity index (χ4n) is 1.31. The fraction of sp³-hybridized carbons (Fsp3) is 0.182. The zero-order valence-electron chi connectivity index (χ0n) is 9.61. The lowest BCUT2D eigenvalue weighted by molar-refractivity contribution is -0.113. The van der Waals surface area contributed by atoms with Gasteiger partial charge in [0.2, 0.25) is 5.91 Å². The van der Waals surface area contributed by atoms with E-state index < -0.39 is 0 Å². The lowest BCUT2D eigenvalue weighted by atomic mass is 10.2. The Kier molecular flexibility index (Phi) is 4.22. The number of aryl methyl sites for hydroxylation is 1. The predicted molar refractivity (Wildman–Crippen MR) is 71.9 cm³/mol. The molecule has 18 heavy (non-hydrogen) atoms. The number of carbonyl (C=O) groups is 1. The predicted octanol–water partition coefficient (Wildman–Crippen LogP) is 2.50. The first-order valence-electron chi connectivity index (χ1n) is 5.19. The Morgan fingerprint density at radius 3 is 3.11 bits per heavy atom. The van der Waals surface area contributed by atoms with E-state index in [0.717, 1.165) is 11.3 Å². The number of nitrogens with one attached hydrogen (secondary N) is 2. The summed E-state index contributed by atoms with van der Waals surface area (Å²) < 4.78 is 0. The standard InChI is InChI=1S/C11H11ClN4OS/c1-7-2-3-8(12)4-9(7)15-10(17)5-18-11-13-6-14-16-11/h2-4,6H,5H2,1H3,(H,15,17)(H,13,14,16). The Morgan fingerprint density at radius 1 is 1.56 bits per heavy atom. The minimum atomic E-state index is -0.109. The van der Waals surface area contributed by atoms with Crippen molar-refractivity contribution < 1.29 is 4.79 Å². The van der Waals surface area contributed by atoms with Gasteiger partial charge in [-0.15, -0.1) is 0 Å². The summed E-state index contributed by atoms with van der Waals surface area (Å²) in [6.45, 7) is 1.91. The molecule has 0 aliphatic rings. The SMILES string of the molecule is Cc1ccc(Cl)cc1NC(=O)CSc1ncn[nH]1. The van der Waals surface area contributed by atoms with Gasteiger partial charge in [0.05, 0.1) is 5.75 Å². The molecule has 0 bridgehead atoms. The van der Waals surface area contributed by atoms with Crippen LogP contribution in [0.5, 0.6) is 0 Å². The first kappa shape index (κ1) is 12.9. The summed E-state index contributed by atoms with van der Waals surface area (Å²) >= 11 is 7.17. The summed E-state index contributed by atoms with van der Waals surface area (Å²) in [7, 11) is 0. The van der Waals surface area contributed by atoms with E-state index in [1.807, 2.05) is 13.0 Å². The van der Waals surface area contributed by atoms with Crippen molar-refractivity contribution in [3.05, 3.63) is 35.1 Å². The molecule has 1 amide bonds. The lowest BCUT2D eigenvalue weighted by Gasteiger charge is -2.08. The van der Waals surface area contributed by atoms with Gasteiger partial charge in [-0.1, -0.05) is 29.4 Å². The number of anilines is 1. The van der Waals surface area contributed by atoms with Crippen molar-refractivity contribution in [1.29, 1.82) is 0 Å². The highest BCUT2D eigenvalue weighted by Gasteiger charge is 2.07. The Hall–Kier alpha value is -1.53. The number of amides is 1. The van der Waals surface area contributed by atoms with Crippen molar-refractivity contribution >= 4 is 35.0 Å². The second kappa shape index (κ2) is 5.88. The van der Waals surface area contributed by atoms with Crippen LogP contribution in [0.1, 0.15) is 5.56 Å². The molecule has 0 aliphatic heterocycles. The maximum Gasteiger partial charge on any atom is 0.234 e. The average molecular weight is 283 g/mol. The summed E-state index contributed by atoms with van der Waals surface area (Å²) in [6, 6.07) is 5.38. The van der Waals surface area contributed by atoms with E-state index in [2.05, 4.69) is 20.5 Å². The number of rotatable bonds is 4. The maximum atomic E-state index is 11.7. The van der Waals surface area contributed by atoms with Crippen LogP contribution in [-0.4, -0.2) is 26.8 Å². The molecule has 2 rings (SSSR count). The van der Waals surface area contributed by atoms with Gasteiger partial charge in [-0.05, 0) is 24.6 Å². The monoisotopic (exact) mass is 282 g/mol. The Morgan fingerprint density at radius 2 is 2.39 bits per heavy atom. The number of aromatic amines is 1. The number of benzene rings is 1. The van der Waals surface area contributed by atoms with Gasteiger partial charge in [0.15, 0.2) is 5.16 Å². The van der Waals surface area contributed by atoms with Gasteiger partial charge in [0.1, 0.15) is 6.33 Å². The normalized spacial score (nSPS) is 10.3. The molecule has 2 N–H and O–H groups in total. The smallest absolute Gasteiger partial charge is 0.234 e. The molecule has 1 aromatic carbocycles. The van der Waals surface area contributed by atoms with E-state index in [1.165, 1.54) is 18.1 Å². The zero-order chi connectivity index (χ0) is 13.0. The number of hydrogen-bond acceptors (Lipinski definition) is 4. The third kappa shape index (κ3) is 3.48. The lowest BCUT2D eigenvalue weighted by Crippen LogP contribution is -2.14. The Labute approximate surface area is 113 Å². The molecule has 5 nitrogen and oxygen atoms in total. The van der Waals surface area contributed by atoms with Crippen LogP contribution in [0.4, 0.5) is 5.69 Å². The number of H-pyrrole nitrogens is 1. The highest BCUT2D eigenvalue weighted by atomic mass is 35.5. The second-order valence-corrected chi connectivity index (χ2v) is 4.99. The van der Waals surface area contributed by atoms with Crippen LogP contribution >= 0.6 is 23.4 Å². The minimum Gasteiger partial charge on any atom is -0.325 e. The first-order valence-corrected chi connectivity index (χ1v) is 6.55. The van der Waals surface area contributed by atoms with Gasteiger partial charge in [-0.2, -0.15) is 5.10 Å². The topological polar surface area (TPSA) is 70.7 Å². The molecule has 0 saturated heterocycles. The first-order chi connectivity index (χ1) is 8.65. The van der Waals surface area contributed by atoms with Gasteiger partial charge < -0.3 is 5.32 Å². The quantitative estimate of drug-likeness (QED) is 0.845. The van der Waals surface area contributed by atoms with E-state index in [9.17, 15) is 4.79 Å². The molecule has 1 heterocycles. The van der Waals surface area contributed by atoms with Gasteiger partial charge >= 0.3 is 0 Å². The second-order valence-electron chi connectivity index (χ2n) is 3.59. The summed E-state index contributed by atoms with van der Waals surface area (Å²) in [6.07, 6.45) is 1.40. The van der Waals surface area contributed by atoms with Gasteiger partial charge in [-0.3, -0.25) is 9.89 Å². The average Bonchev–Trinajstić information content (AvgIpc) is 2.84. The molecule has 0 atom stereocenters. The molecular formula is C11H11ClN4OS. The van der Waals surface area contributed by atoms with Crippen LogP contribution in [0.15, 0.2) is 29.7 Å². The highest BCUT2D eigenvalue weighted by molar-refractivity contribution is 7.99. The molecule has 94 valence electrons. The van der Waals surface area contributed by atoms with Crippen LogP contribution in [0.25, 0.3) is 0 Å². The van der Waals surface area contributed by atoms with Gasteiger partial charge in [-0.25, -0.2) is 4.98 Å². The van der Waals surface area contributed by atoms with Crippen molar-refractivity contribution in [3.8, 4) is 0 Å². The number of nitrogens with zero attached hydrogens (tertiary/aromatic N) is 2. The van der Waals surface area contributed by atoms with Crippen LogP contribution in [0, 0.1) is 6.92 Å². The number of thioether (sulfide) groups is 1. The van der Waals surface area contributed by atoms with Crippen molar-refractivity contribution in [2.45, 2.75) is 12.1 Å². The molecule has 0 unspecified atom stereocenters. The van der Waals surface area contributed by atoms with Crippen LogP contribution in [-0.2, 0) is 4.79 Å². The molecule has 0 radical (unpaired) electrons. The number of hydrogen-bond donors (Lipinski definition) is 2. The van der Waals surface area contributed by atoms with Crippen molar-refractivity contribution in [2.75, 3.05) is 11.1 Å². The molecule has 0 saturated carbocycles. The number of halogens is 1. The van der Waals surface area contributed by atoms with E-state index in [1.54, 1.807) is 12.1 Å². The van der Waals surface area contributed by atoms with Crippen molar-refractivity contribution in [1.82, 2.24) is 15.2 Å². The summed E-state index contributed by atoms with van der Waals surface area (Å²) in [4.78, 5) is 15.7. The molecule has 2 aromatic rings. The molecular weight excluding hydrogens is 272 g/mol. The zero-order valence-corrected chi connectivity index (χ0v) is 11.2. The molecule has 1 aromatic heterocycles. The molecule has 0 aliphatic carbocycles. The summed E-state index contributed by atoms with van der Waals surface area (Å²) in [5, 5.41) is 10.4. The molecule has 7 heteroatoms. The van der Waals surface area contributed by atoms with Crippen LogP contribution in [0.3, 0.4) is 0 Å². The van der Waals surface area contributed by atoms with Crippen LogP contribution in [0.2, 0.25) is 5.02 Å². The Bertz CT molecular complexity index is 544. The third-order valence-corrected chi connectivity index (χ3v) is 3.32. The minimum absolute atomic E-state index is 0.109. The Balaban J connectivity index is 1.92. The van der Waals surface area contributed by atoms with E-state index in [4.69, 9.17) is 11.6 Å². The van der Waals surface area contributed by atoms with E-state index >= 15 is 0 Å². The third-order valence-electron chi connectivity index (χ3n) is 2.21. The highest BCUT2D eigenvalue weighted by Crippen LogP contribution is 2.20.